The standard InChI is InChI=1S/C16H17NO2/c1-11-5-4-6-15(9-11)17-12(2)10-14(13(17)3)7-8-16(18)19/h4-10H,1-3H3,(H,18,19)/b8-7+. The third-order valence-corrected chi connectivity index (χ3v) is 3.14. The van der Waals surface area contributed by atoms with Crippen LogP contribution in [0.15, 0.2) is 36.4 Å². The van der Waals surface area contributed by atoms with E-state index < -0.39 is 5.97 Å². The second-order valence-electron chi connectivity index (χ2n) is 4.67. The number of rotatable bonds is 3. The van der Waals surface area contributed by atoms with Gasteiger partial charge in [-0.2, -0.15) is 0 Å². The van der Waals surface area contributed by atoms with Crippen LogP contribution in [0.2, 0.25) is 0 Å². The summed E-state index contributed by atoms with van der Waals surface area (Å²) in [7, 11) is 0. The molecule has 1 N–H and O–H groups in total. The lowest BCUT2D eigenvalue weighted by Crippen LogP contribution is -1.99. The molecule has 98 valence electrons. The summed E-state index contributed by atoms with van der Waals surface area (Å²) in [6.07, 6.45) is 2.80. The normalized spacial score (nSPS) is 11.1. The van der Waals surface area contributed by atoms with Crippen molar-refractivity contribution in [3.8, 4) is 5.69 Å². The summed E-state index contributed by atoms with van der Waals surface area (Å²) in [5, 5.41) is 8.70. The van der Waals surface area contributed by atoms with Gasteiger partial charge in [0.2, 0.25) is 0 Å². The Morgan fingerprint density at radius 3 is 2.58 bits per heavy atom. The van der Waals surface area contributed by atoms with E-state index in [2.05, 4.69) is 29.7 Å². The fraction of sp³-hybridized carbons (Fsp3) is 0.188. The van der Waals surface area contributed by atoms with Crippen molar-refractivity contribution in [2.24, 2.45) is 0 Å². The van der Waals surface area contributed by atoms with E-state index in [0.717, 1.165) is 22.6 Å². The summed E-state index contributed by atoms with van der Waals surface area (Å²) < 4.78 is 2.13. The molecule has 0 bridgehead atoms. The molecule has 1 heterocycles. The number of nitrogens with zero attached hydrogens (tertiary/aromatic N) is 1. The highest BCUT2D eigenvalue weighted by atomic mass is 16.4. The molecule has 0 unspecified atom stereocenters. The van der Waals surface area contributed by atoms with E-state index in [0.29, 0.717) is 0 Å². The summed E-state index contributed by atoms with van der Waals surface area (Å²) in [4.78, 5) is 10.6. The zero-order valence-electron chi connectivity index (χ0n) is 11.3. The molecule has 0 radical (unpaired) electrons. The van der Waals surface area contributed by atoms with Crippen LogP contribution in [0.1, 0.15) is 22.5 Å². The number of aliphatic carboxylic acids is 1. The average Bonchev–Trinajstić information content (AvgIpc) is 2.62. The number of benzene rings is 1. The topological polar surface area (TPSA) is 42.2 Å². The van der Waals surface area contributed by atoms with E-state index in [1.54, 1.807) is 6.08 Å². The SMILES string of the molecule is Cc1cccc(-n2c(C)cc(/C=C/C(=O)O)c2C)c1. The molecule has 0 atom stereocenters. The third kappa shape index (κ3) is 2.76. The van der Waals surface area contributed by atoms with Crippen molar-refractivity contribution < 1.29 is 9.90 Å². The highest BCUT2D eigenvalue weighted by Crippen LogP contribution is 2.22. The minimum absolute atomic E-state index is 0.930. The molecule has 19 heavy (non-hydrogen) atoms. The van der Waals surface area contributed by atoms with Crippen LogP contribution in [-0.4, -0.2) is 15.6 Å². The number of aromatic nitrogens is 1. The lowest BCUT2D eigenvalue weighted by Gasteiger charge is -2.10. The van der Waals surface area contributed by atoms with Crippen molar-refractivity contribution in [1.29, 1.82) is 0 Å². The lowest BCUT2D eigenvalue weighted by atomic mass is 10.2. The van der Waals surface area contributed by atoms with Gasteiger partial charge >= 0.3 is 5.97 Å². The predicted molar refractivity (Wildman–Crippen MR) is 76.6 cm³/mol. The van der Waals surface area contributed by atoms with Gasteiger partial charge in [0.05, 0.1) is 0 Å². The molecule has 2 rings (SSSR count). The molecule has 0 saturated carbocycles. The number of carboxylic acid groups (broad SMARTS) is 1. The molecule has 0 saturated heterocycles. The Balaban J connectivity index is 2.51. The number of aryl methyl sites for hydroxylation is 2. The molecule has 1 aromatic carbocycles. The molecule has 0 fully saturated rings. The Labute approximate surface area is 112 Å². The second-order valence-corrected chi connectivity index (χ2v) is 4.67. The lowest BCUT2D eigenvalue weighted by molar-refractivity contribution is -0.131. The first-order valence-corrected chi connectivity index (χ1v) is 6.16. The second kappa shape index (κ2) is 5.14. The van der Waals surface area contributed by atoms with Gasteiger partial charge in [0.1, 0.15) is 0 Å². The minimum atomic E-state index is -0.930. The maximum Gasteiger partial charge on any atom is 0.328 e. The molecule has 2 aromatic rings. The van der Waals surface area contributed by atoms with E-state index in [1.807, 2.05) is 26.0 Å². The predicted octanol–water partition coefficient (Wildman–Crippen LogP) is 3.50. The zero-order valence-corrected chi connectivity index (χ0v) is 11.3. The largest absolute Gasteiger partial charge is 0.478 e. The van der Waals surface area contributed by atoms with Crippen molar-refractivity contribution in [1.82, 2.24) is 4.57 Å². The van der Waals surface area contributed by atoms with Gasteiger partial charge in [-0.3, -0.25) is 0 Å². The minimum Gasteiger partial charge on any atom is -0.478 e. The molecular formula is C16H17NO2. The quantitative estimate of drug-likeness (QED) is 0.853. The molecule has 0 amide bonds. The van der Waals surface area contributed by atoms with Crippen molar-refractivity contribution in [3.05, 3.63) is 58.9 Å². The average molecular weight is 255 g/mol. The molecule has 3 heteroatoms. The maximum atomic E-state index is 10.6. The Bertz CT molecular complexity index is 651. The smallest absolute Gasteiger partial charge is 0.328 e. The summed E-state index contributed by atoms with van der Waals surface area (Å²) in [6, 6.07) is 10.2. The van der Waals surface area contributed by atoms with Crippen molar-refractivity contribution in [2.45, 2.75) is 20.8 Å². The Hall–Kier alpha value is -2.29. The van der Waals surface area contributed by atoms with Crippen molar-refractivity contribution in [2.75, 3.05) is 0 Å². The molecule has 0 aliphatic rings. The van der Waals surface area contributed by atoms with Gasteiger partial charge < -0.3 is 9.67 Å². The van der Waals surface area contributed by atoms with Gasteiger partial charge in [-0.15, -0.1) is 0 Å². The number of carboxylic acids is 1. The van der Waals surface area contributed by atoms with Crippen LogP contribution < -0.4 is 0 Å². The van der Waals surface area contributed by atoms with Gasteiger partial charge in [0.15, 0.2) is 0 Å². The summed E-state index contributed by atoms with van der Waals surface area (Å²) in [6.45, 7) is 6.08. The van der Waals surface area contributed by atoms with Crippen molar-refractivity contribution in [3.63, 3.8) is 0 Å². The Morgan fingerprint density at radius 1 is 1.21 bits per heavy atom. The van der Waals surface area contributed by atoms with Gasteiger partial charge in [0, 0.05) is 23.2 Å². The number of hydrogen-bond donors (Lipinski definition) is 1. The maximum absolute atomic E-state index is 10.6. The molecule has 0 aliphatic carbocycles. The first-order chi connectivity index (χ1) is 8.99. The fourth-order valence-corrected chi connectivity index (χ4v) is 2.28. The van der Waals surface area contributed by atoms with Crippen LogP contribution in [-0.2, 0) is 4.79 Å². The highest BCUT2D eigenvalue weighted by Gasteiger charge is 2.09. The first-order valence-electron chi connectivity index (χ1n) is 6.16. The van der Waals surface area contributed by atoms with Gasteiger partial charge in [-0.1, -0.05) is 12.1 Å². The van der Waals surface area contributed by atoms with Crippen LogP contribution in [0.4, 0.5) is 0 Å². The Kier molecular flexibility index (Phi) is 3.56. The van der Waals surface area contributed by atoms with Gasteiger partial charge in [-0.05, 0) is 56.2 Å². The molecule has 1 aromatic heterocycles. The third-order valence-electron chi connectivity index (χ3n) is 3.14. The van der Waals surface area contributed by atoms with Crippen molar-refractivity contribution >= 4 is 12.0 Å². The first kappa shape index (κ1) is 13.1. The number of hydrogen-bond acceptors (Lipinski definition) is 1. The van der Waals surface area contributed by atoms with E-state index in [1.165, 1.54) is 11.6 Å². The van der Waals surface area contributed by atoms with Gasteiger partial charge in [0.25, 0.3) is 0 Å². The van der Waals surface area contributed by atoms with E-state index in [-0.39, 0.29) is 0 Å². The van der Waals surface area contributed by atoms with E-state index in [4.69, 9.17) is 5.11 Å². The van der Waals surface area contributed by atoms with Crippen LogP contribution in [0.25, 0.3) is 11.8 Å². The molecular weight excluding hydrogens is 238 g/mol. The fourth-order valence-electron chi connectivity index (χ4n) is 2.28. The summed E-state index contributed by atoms with van der Waals surface area (Å²) in [5.41, 5.74) is 5.37. The van der Waals surface area contributed by atoms with Gasteiger partial charge in [-0.25, -0.2) is 4.79 Å². The van der Waals surface area contributed by atoms with E-state index >= 15 is 0 Å². The zero-order chi connectivity index (χ0) is 14.0. The molecule has 0 aliphatic heterocycles. The van der Waals surface area contributed by atoms with Crippen LogP contribution in [0, 0.1) is 20.8 Å². The number of carbonyl (C=O) groups is 1. The Morgan fingerprint density at radius 2 is 1.95 bits per heavy atom. The molecule has 0 spiro atoms. The monoisotopic (exact) mass is 255 g/mol. The highest BCUT2D eigenvalue weighted by molar-refractivity contribution is 5.85. The van der Waals surface area contributed by atoms with E-state index in [9.17, 15) is 4.79 Å². The summed E-state index contributed by atoms with van der Waals surface area (Å²) in [5.74, 6) is -0.930. The summed E-state index contributed by atoms with van der Waals surface area (Å²) >= 11 is 0. The van der Waals surface area contributed by atoms with Crippen LogP contribution in [0.3, 0.4) is 0 Å². The van der Waals surface area contributed by atoms with Crippen LogP contribution >= 0.6 is 0 Å². The van der Waals surface area contributed by atoms with Crippen LogP contribution in [0.5, 0.6) is 0 Å². The molecule has 3 nitrogen and oxygen atoms in total.